The van der Waals surface area contributed by atoms with E-state index in [-0.39, 0.29) is 28.7 Å². The molecule has 4 heterocycles. The van der Waals surface area contributed by atoms with E-state index in [1.54, 1.807) is 4.90 Å². The minimum Gasteiger partial charge on any atom is -0.342 e. The summed E-state index contributed by atoms with van der Waals surface area (Å²) < 4.78 is 5.51. The predicted molar refractivity (Wildman–Crippen MR) is 129 cm³/mol. The summed E-state index contributed by atoms with van der Waals surface area (Å²) in [5.74, 6) is 1.19. The molecule has 2 aromatic heterocycles. The minimum atomic E-state index is -0.237. The number of aromatic nitrogens is 3. The van der Waals surface area contributed by atoms with Crippen molar-refractivity contribution in [3.05, 3.63) is 70.4 Å². The number of pyridine rings is 1. The number of nitrogens with zero attached hydrogens (tertiary/aromatic N) is 4. The molecule has 2 fully saturated rings. The zero-order valence-corrected chi connectivity index (χ0v) is 19.8. The highest BCUT2D eigenvalue weighted by Crippen LogP contribution is 2.35. The highest BCUT2D eigenvalue weighted by molar-refractivity contribution is 5.94. The minimum absolute atomic E-state index is 0.0751. The molecule has 0 saturated carbocycles. The van der Waals surface area contributed by atoms with Crippen LogP contribution in [0.4, 0.5) is 0 Å². The quantitative estimate of drug-likeness (QED) is 0.621. The maximum atomic E-state index is 13.2. The second-order valence-electron chi connectivity index (χ2n) is 9.68. The lowest BCUT2D eigenvalue weighted by atomic mass is 9.79. The molecular formula is C26H29N5O4. The molecule has 182 valence electrons. The van der Waals surface area contributed by atoms with Crippen LogP contribution in [0.2, 0.25) is 0 Å². The van der Waals surface area contributed by atoms with Crippen molar-refractivity contribution in [3.8, 4) is 11.5 Å². The van der Waals surface area contributed by atoms with E-state index >= 15 is 0 Å². The number of H-pyrrole nitrogens is 1. The van der Waals surface area contributed by atoms with Crippen molar-refractivity contribution in [3.63, 3.8) is 0 Å². The zero-order chi connectivity index (χ0) is 24.4. The maximum absolute atomic E-state index is 13.2. The molecule has 0 aliphatic carbocycles. The van der Waals surface area contributed by atoms with Crippen LogP contribution in [0, 0.1) is 5.92 Å². The average molecular weight is 476 g/mol. The summed E-state index contributed by atoms with van der Waals surface area (Å²) in [5, 5.41) is 4.26. The Morgan fingerprint density at radius 1 is 1.00 bits per heavy atom. The first kappa shape index (κ1) is 23.0. The summed E-state index contributed by atoms with van der Waals surface area (Å²) >= 11 is 0. The SMILES string of the molecule is CC1(c2noc(-c3ccccc3)n2)CCN(C(=O)C2CCN(C(=O)c3ccc(=O)[nH]c3)CC2)CC1. The van der Waals surface area contributed by atoms with Crippen molar-refractivity contribution >= 4 is 11.8 Å². The van der Waals surface area contributed by atoms with Crippen LogP contribution in [0.3, 0.4) is 0 Å². The number of amides is 2. The Bertz CT molecular complexity index is 1230. The van der Waals surface area contributed by atoms with Crippen LogP contribution in [-0.2, 0) is 10.2 Å². The molecule has 1 N–H and O–H groups in total. The smallest absolute Gasteiger partial charge is 0.257 e. The van der Waals surface area contributed by atoms with Gasteiger partial charge in [0, 0.05) is 55.3 Å². The third-order valence-corrected chi connectivity index (χ3v) is 7.33. The fourth-order valence-corrected chi connectivity index (χ4v) is 4.92. The Kier molecular flexibility index (Phi) is 6.23. The second-order valence-corrected chi connectivity index (χ2v) is 9.68. The van der Waals surface area contributed by atoms with Gasteiger partial charge in [0.25, 0.3) is 11.8 Å². The largest absolute Gasteiger partial charge is 0.342 e. The molecular weight excluding hydrogens is 446 g/mol. The summed E-state index contributed by atoms with van der Waals surface area (Å²) in [5.41, 5.74) is 0.883. The molecule has 0 unspecified atom stereocenters. The lowest BCUT2D eigenvalue weighted by Crippen LogP contribution is -2.49. The maximum Gasteiger partial charge on any atom is 0.257 e. The van der Waals surface area contributed by atoms with Crippen LogP contribution in [0.25, 0.3) is 11.5 Å². The molecule has 0 atom stereocenters. The number of piperidine rings is 2. The Hall–Kier alpha value is -3.75. The van der Waals surface area contributed by atoms with Crippen LogP contribution >= 0.6 is 0 Å². The van der Waals surface area contributed by atoms with Gasteiger partial charge in [0.1, 0.15) is 0 Å². The highest BCUT2D eigenvalue weighted by atomic mass is 16.5. The first-order chi connectivity index (χ1) is 16.9. The summed E-state index contributed by atoms with van der Waals surface area (Å²) in [6.07, 6.45) is 4.28. The Labute approximate surface area is 203 Å². The molecule has 9 nitrogen and oxygen atoms in total. The fourth-order valence-electron chi connectivity index (χ4n) is 4.92. The van der Waals surface area contributed by atoms with Gasteiger partial charge < -0.3 is 19.3 Å². The van der Waals surface area contributed by atoms with Gasteiger partial charge in [0.15, 0.2) is 5.82 Å². The highest BCUT2D eigenvalue weighted by Gasteiger charge is 2.39. The molecule has 35 heavy (non-hydrogen) atoms. The molecule has 0 bridgehead atoms. The standard InChI is InChI=1S/C26H29N5O4/c1-26(25-28-22(35-29-25)18-5-3-2-4-6-18)11-15-31(16-12-26)23(33)19-9-13-30(14-10-19)24(34)20-7-8-21(32)27-17-20/h2-8,17,19H,9-16H2,1H3,(H,27,32). The van der Waals surface area contributed by atoms with Crippen LogP contribution in [0.1, 0.15) is 48.8 Å². The third kappa shape index (κ3) is 4.76. The monoisotopic (exact) mass is 475 g/mol. The van der Waals surface area contributed by atoms with Crippen LogP contribution in [0.5, 0.6) is 0 Å². The summed E-state index contributed by atoms with van der Waals surface area (Å²) in [6.45, 7) is 4.51. The van der Waals surface area contributed by atoms with Crippen molar-refractivity contribution in [2.24, 2.45) is 5.92 Å². The lowest BCUT2D eigenvalue weighted by molar-refractivity contribution is -0.138. The number of aromatic amines is 1. The van der Waals surface area contributed by atoms with Crippen LogP contribution in [0.15, 0.2) is 58.0 Å². The Morgan fingerprint density at radius 3 is 2.37 bits per heavy atom. The van der Waals surface area contributed by atoms with Crippen LogP contribution < -0.4 is 5.56 Å². The number of hydrogen-bond donors (Lipinski definition) is 1. The first-order valence-corrected chi connectivity index (χ1v) is 12.1. The van der Waals surface area contributed by atoms with E-state index < -0.39 is 0 Å². The zero-order valence-electron chi connectivity index (χ0n) is 19.8. The average Bonchev–Trinajstić information content (AvgIpc) is 3.41. The topological polar surface area (TPSA) is 112 Å². The first-order valence-electron chi connectivity index (χ1n) is 12.1. The summed E-state index contributed by atoms with van der Waals surface area (Å²) in [4.78, 5) is 48.0. The van der Waals surface area contributed by atoms with E-state index in [1.165, 1.54) is 18.3 Å². The van der Waals surface area contributed by atoms with Gasteiger partial charge in [-0.2, -0.15) is 4.98 Å². The van der Waals surface area contributed by atoms with E-state index in [9.17, 15) is 14.4 Å². The van der Waals surface area contributed by atoms with E-state index in [0.717, 1.165) is 18.4 Å². The number of hydrogen-bond acceptors (Lipinski definition) is 6. The van der Waals surface area contributed by atoms with Crippen molar-refractivity contribution < 1.29 is 14.1 Å². The predicted octanol–water partition coefficient (Wildman–Crippen LogP) is 2.86. The molecule has 9 heteroatoms. The van der Waals surface area contributed by atoms with Gasteiger partial charge in [-0.3, -0.25) is 14.4 Å². The van der Waals surface area contributed by atoms with Crippen molar-refractivity contribution in [2.45, 2.75) is 38.0 Å². The van der Waals surface area contributed by atoms with E-state index in [1.807, 2.05) is 35.2 Å². The number of carbonyl (C=O) groups excluding carboxylic acids is 2. The molecule has 2 amide bonds. The van der Waals surface area contributed by atoms with Crippen LogP contribution in [-0.4, -0.2) is 62.9 Å². The number of benzene rings is 1. The van der Waals surface area contributed by atoms with Gasteiger partial charge in [-0.1, -0.05) is 30.3 Å². The van der Waals surface area contributed by atoms with Crippen molar-refractivity contribution in [1.82, 2.24) is 24.9 Å². The molecule has 0 spiro atoms. The Morgan fingerprint density at radius 2 is 1.71 bits per heavy atom. The van der Waals surface area contributed by atoms with Gasteiger partial charge >= 0.3 is 0 Å². The third-order valence-electron chi connectivity index (χ3n) is 7.33. The van der Waals surface area contributed by atoms with Gasteiger partial charge in [0.05, 0.1) is 5.56 Å². The normalized spacial score (nSPS) is 18.4. The molecule has 5 rings (SSSR count). The van der Waals surface area contributed by atoms with Crippen molar-refractivity contribution in [2.75, 3.05) is 26.2 Å². The molecule has 3 aromatic rings. The van der Waals surface area contributed by atoms with E-state index in [2.05, 4.69) is 22.0 Å². The number of rotatable bonds is 4. The van der Waals surface area contributed by atoms with Gasteiger partial charge in [-0.25, -0.2) is 0 Å². The molecule has 0 radical (unpaired) electrons. The molecule has 2 aliphatic rings. The number of carbonyl (C=O) groups is 2. The molecule has 2 aliphatic heterocycles. The second kappa shape index (κ2) is 9.48. The Balaban J connectivity index is 1.15. The molecule has 2 saturated heterocycles. The van der Waals surface area contributed by atoms with Crippen molar-refractivity contribution in [1.29, 1.82) is 0 Å². The van der Waals surface area contributed by atoms with Gasteiger partial charge in [-0.05, 0) is 43.9 Å². The van der Waals surface area contributed by atoms with Gasteiger partial charge in [-0.15, -0.1) is 0 Å². The summed E-state index contributed by atoms with van der Waals surface area (Å²) in [6, 6.07) is 12.6. The van der Waals surface area contributed by atoms with E-state index in [4.69, 9.17) is 4.52 Å². The number of likely N-dealkylation sites (tertiary alicyclic amines) is 2. The lowest BCUT2D eigenvalue weighted by Gasteiger charge is -2.40. The molecule has 1 aromatic carbocycles. The fraction of sp³-hybridized carbons (Fsp3) is 0.423. The van der Waals surface area contributed by atoms with E-state index in [0.29, 0.717) is 56.3 Å². The number of nitrogens with one attached hydrogen (secondary N) is 1. The van der Waals surface area contributed by atoms with Gasteiger partial charge in [0.2, 0.25) is 11.5 Å². The summed E-state index contributed by atoms with van der Waals surface area (Å²) in [7, 11) is 0.